The van der Waals surface area contributed by atoms with Gasteiger partial charge < -0.3 is 10.8 Å². The van der Waals surface area contributed by atoms with Crippen molar-refractivity contribution < 1.29 is 23.1 Å². The van der Waals surface area contributed by atoms with Gasteiger partial charge in [-0.25, -0.2) is 0 Å². The molecule has 0 saturated carbocycles. The van der Waals surface area contributed by atoms with Gasteiger partial charge in [0.25, 0.3) is 0 Å². The van der Waals surface area contributed by atoms with Crippen molar-refractivity contribution in [2.75, 3.05) is 5.73 Å². The normalized spacial score (nSPS) is 11.5. The maximum Gasteiger partial charge on any atom is 0.418 e. The van der Waals surface area contributed by atoms with Crippen LogP contribution < -0.4 is 5.73 Å². The third-order valence-electron chi connectivity index (χ3n) is 2.28. The lowest BCUT2D eigenvalue weighted by Crippen LogP contribution is -2.09. The van der Waals surface area contributed by atoms with Crippen LogP contribution in [0.2, 0.25) is 0 Å². The van der Waals surface area contributed by atoms with Crippen LogP contribution in [0.25, 0.3) is 0 Å². The molecule has 0 spiro atoms. The smallest absolute Gasteiger partial charge is 0.418 e. The van der Waals surface area contributed by atoms with E-state index >= 15 is 0 Å². The molecule has 17 heavy (non-hydrogen) atoms. The number of benzene rings is 1. The molecule has 3 N–H and O–H groups in total. The van der Waals surface area contributed by atoms with Gasteiger partial charge in [0.2, 0.25) is 0 Å². The van der Waals surface area contributed by atoms with Gasteiger partial charge in [0.05, 0.1) is 5.56 Å². The fourth-order valence-electron chi connectivity index (χ4n) is 1.47. The van der Waals surface area contributed by atoms with Gasteiger partial charge in [0.15, 0.2) is 0 Å². The number of aryl methyl sites for hydroxylation is 1. The van der Waals surface area contributed by atoms with Gasteiger partial charge in [-0.15, -0.1) is 0 Å². The maximum atomic E-state index is 12.4. The number of carboxylic acids is 1. The summed E-state index contributed by atoms with van der Waals surface area (Å²) in [4.78, 5) is 10.3. The zero-order chi connectivity index (χ0) is 13.1. The highest BCUT2D eigenvalue weighted by Gasteiger charge is 2.32. The number of hydrogen-bond acceptors (Lipinski definition) is 2. The van der Waals surface area contributed by atoms with Gasteiger partial charge in [-0.1, -0.05) is 6.07 Å². The van der Waals surface area contributed by atoms with E-state index in [1.165, 1.54) is 12.1 Å². The van der Waals surface area contributed by atoms with Crippen LogP contribution in [0, 0.1) is 0 Å². The Labute approximate surface area is 96.0 Å². The molecule has 6 heteroatoms. The van der Waals surface area contributed by atoms with Gasteiger partial charge in [-0.05, 0) is 30.5 Å². The van der Waals surface area contributed by atoms with Crippen LogP contribution in [0.4, 0.5) is 18.9 Å². The molecular formula is C11H12F3NO2. The molecule has 0 fully saturated rings. The van der Waals surface area contributed by atoms with Gasteiger partial charge in [0, 0.05) is 12.1 Å². The van der Waals surface area contributed by atoms with Crippen molar-refractivity contribution in [1.29, 1.82) is 0 Å². The Morgan fingerprint density at radius 2 is 2.00 bits per heavy atom. The molecule has 3 nitrogen and oxygen atoms in total. The van der Waals surface area contributed by atoms with Crippen LogP contribution in [-0.4, -0.2) is 11.1 Å². The molecule has 0 radical (unpaired) electrons. The Bertz CT molecular complexity index is 416. The van der Waals surface area contributed by atoms with Gasteiger partial charge in [0.1, 0.15) is 0 Å². The molecule has 0 saturated heterocycles. The summed E-state index contributed by atoms with van der Waals surface area (Å²) in [5.74, 6) is -0.926. The van der Waals surface area contributed by atoms with Crippen molar-refractivity contribution in [3.8, 4) is 0 Å². The van der Waals surface area contributed by atoms with Crippen molar-refractivity contribution >= 4 is 11.7 Å². The molecular weight excluding hydrogens is 235 g/mol. The first-order valence-electron chi connectivity index (χ1n) is 4.98. The van der Waals surface area contributed by atoms with Gasteiger partial charge in [-0.3, -0.25) is 4.79 Å². The average Bonchev–Trinajstić information content (AvgIpc) is 2.14. The van der Waals surface area contributed by atoms with Crippen molar-refractivity contribution in [2.24, 2.45) is 0 Å². The highest BCUT2D eigenvalue weighted by atomic mass is 19.4. The molecule has 0 aliphatic heterocycles. The van der Waals surface area contributed by atoms with E-state index in [9.17, 15) is 18.0 Å². The van der Waals surface area contributed by atoms with Crippen molar-refractivity contribution in [1.82, 2.24) is 0 Å². The van der Waals surface area contributed by atoms with Crippen LogP contribution in [-0.2, 0) is 17.4 Å². The summed E-state index contributed by atoms with van der Waals surface area (Å²) in [5.41, 5.74) is 4.72. The summed E-state index contributed by atoms with van der Waals surface area (Å²) in [6, 6.07) is 3.48. The minimum absolute atomic E-state index is 0.0130. The van der Waals surface area contributed by atoms with Gasteiger partial charge in [-0.2, -0.15) is 13.2 Å². The number of nitrogen functional groups attached to an aromatic ring is 1. The number of alkyl halides is 3. The van der Waals surface area contributed by atoms with Crippen LogP contribution in [0.5, 0.6) is 0 Å². The first kappa shape index (κ1) is 13.3. The van der Waals surface area contributed by atoms with E-state index in [0.717, 1.165) is 6.07 Å². The molecule has 0 unspecified atom stereocenters. The second kappa shape index (κ2) is 5.07. The fourth-order valence-corrected chi connectivity index (χ4v) is 1.47. The topological polar surface area (TPSA) is 63.3 Å². The largest absolute Gasteiger partial charge is 0.481 e. The van der Waals surface area contributed by atoms with E-state index in [2.05, 4.69) is 0 Å². The SMILES string of the molecule is Nc1cc(CCCC(=O)O)ccc1C(F)(F)F. The second-order valence-corrected chi connectivity index (χ2v) is 3.67. The van der Waals surface area contributed by atoms with Gasteiger partial charge >= 0.3 is 12.1 Å². The predicted octanol–water partition coefficient (Wildman–Crippen LogP) is 2.69. The quantitative estimate of drug-likeness (QED) is 0.804. The van der Waals surface area contributed by atoms with Crippen LogP contribution in [0.15, 0.2) is 18.2 Å². The average molecular weight is 247 g/mol. The molecule has 1 rings (SSSR count). The van der Waals surface area contributed by atoms with Crippen LogP contribution in [0.1, 0.15) is 24.0 Å². The molecule has 0 bridgehead atoms. The second-order valence-electron chi connectivity index (χ2n) is 3.67. The monoisotopic (exact) mass is 247 g/mol. The molecule has 0 aliphatic rings. The molecule has 0 heterocycles. The number of hydrogen-bond donors (Lipinski definition) is 2. The van der Waals surface area contributed by atoms with E-state index in [-0.39, 0.29) is 12.1 Å². The first-order chi connectivity index (χ1) is 7.80. The number of nitrogens with two attached hydrogens (primary N) is 1. The predicted molar refractivity (Wildman–Crippen MR) is 56.4 cm³/mol. The van der Waals surface area contributed by atoms with E-state index < -0.39 is 17.7 Å². The van der Waals surface area contributed by atoms with Crippen molar-refractivity contribution in [3.63, 3.8) is 0 Å². The van der Waals surface area contributed by atoms with E-state index in [1.54, 1.807) is 0 Å². The minimum atomic E-state index is -4.45. The number of halogens is 3. The van der Waals surface area contributed by atoms with Crippen LogP contribution >= 0.6 is 0 Å². The Hall–Kier alpha value is -1.72. The van der Waals surface area contributed by atoms with E-state index in [4.69, 9.17) is 10.8 Å². The van der Waals surface area contributed by atoms with E-state index in [1.807, 2.05) is 0 Å². The molecule has 0 aromatic heterocycles. The van der Waals surface area contributed by atoms with Crippen molar-refractivity contribution in [2.45, 2.75) is 25.4 Å². The summed E-state index contributed by atoms with van der Waals surface area (Å²) in [5, 5.41) is 8.42. The lowest BCUT2D eigenvalue weighted by Gasteiger charge is -2.11. The molecule has 94 valence electrons. The molecule has 0 amide bonds. The Morgan fingerprint density at radius 1 is 1.35 bits per heavy atom. The Balaban J connectivity index is 2.72. The zero-order valence-electron chi connectivity index (χ0n) is 8.92. The number of anilines is 1. The Morgan fingerprint density at radius 3 is 2.47 bits per heavy atom. The summed E-state index contributed by atoms with van der Waals surface area (Å²) in [7, 11) is 0. The standard InChI is InChI=1S/C11H12F3NO2/c12-11(13,14)8-5-4-7(6-9(8)15)2-1-3-10(16)17/h4-6H,1-3,15H2,(H,16,17). The first-order valence-corrected chi connectivity index (χ1v) is 4.98. The fraction of sp³-hybridized carbons (Fsp3) is 0.364. The summed E-state index contributed by atoms with van der Waals surface area (Å²) in [6.07, 6.45) is -3.70. The lowest BCUT2D eigenvalue weighted by molar-refractivity contribution is -0.137. The number of aliphatic carboxylic acids is 1. The van der Waals surface area contributed by atoms with Crippen molar-refractivity contribution in [3.05, 3.63) is 29.3 Å². The lowest BCUT2D eigenvalue weighted by atomic mass is 10.0. The number of carboxylic acid groups (broad SMARTS) is 1. The highest BCUT2D eigenvalue weighted by molar-refractivity contribution is 5.66. The van der Waals surface area contributed by atoms with E-state index in [0.29, 0.717) is 18.4 Å². The number of carbonyl (C=O) groups is 1. The molecule has 0 atom stereocenters. The van der Waals surface area contributed by atoms with Crippen LogP contribution in [0.3, 0.4) is 0 Å². The molecule has 1 aromatic carbocycles. The minimum Gasteiger partial charge on any atom is -0.481 e. The highest BCUT2D eigenvalue weighted by Crippen LogP contribution is 2.33. The third kappa shape index (κ3) is 3.97. The number of rotatable bonds is 4. The zero-order valence-corrected chi connectivity index (χ0v) is 8.92. The maximum absolute atomic E-state index is 12.4. The summed E-state index contributed by atoms with van der Waals surface area (Å²) >= 11 is 0. The molecule has 0 aliphatic carbocycles. The third-order valence-corrected chi connectivity index (χ3v) is 2.28. The summed E-state index contributed by atoms with van der Waals surface area (Å²) < 4.78 is 37.1. The molecule has 1 aromatic rings. The Kier molecular flexibility index (Phi) is 3.98. The summed E-state index contributed by atoms with van der Waals surface area (Å²) in [6.45, 7) is 0.